The van der Waals surface area contributed by atoms with Crippen molar-refractivity contribution in [3.8, 4) is 0 Å². The zero-order valence-corrected chi connectivity index (χ0v) is 11.5. The standard InChI is InChI=1S/C15H20N2O2/c1-3-13-7-5-10-17(13)15(19)9-11-16-12(2)6-4-8-14(16)18/h4-8,13H,3,9-11H2,1-2H3/t13-/m1/s1. The van der Waals surface area contributed by atoms with Crippen LogP contribution >= 0.6 is 0 Å². The first-order chi connectivity index (χ1) is 9.13. The zero-order chi connectivity index (χ0) is 13.8. The van der Waals surface area contributed by atoms with Crippen LogP contribution in [0, 0.1) is 6.92 Å². The molecule has 0 saturated carbocycles. The van der Waals surface area contributed by atoms with Crippen molar-refractivity contribution in [2.75, 3.05) is 6.54 Å². The minimum Gasteiger partial charge on any atom is -0.332 e. The molecule has 0 bridgehead atoms. The van der Waals surface area contributed by atoms with Gasteiger partial charge in [-0.2, -0.15) is 0 Å². The van der Waals surface area contributed by atoms with Crippen LogP contribution in [0.1, 0.15) is 25.5 Å². The molecular weight excluding hydrogens is 240 g/mol. The van der Waals surface area contributed by atoms with Crippen molar-refractivity contribution in [2.45, 2.75) is 39.3 Å². The molecule has 1 aromatic heterocycles. The number of hydrogen-bond acceptors (Lipinski definition) is 2. The van der Waals surface area contributed by atoms with Crippen molar-refractivity contribution < 1.29 is 4.79 Å². The summed E-state index contributed by atoms with van der Waals surface area (Å²) in [5.41, 5.74) is 0.853. The lowest BCUT2D eigenvalue weighted by molar-refractivity contribution is -0.131. The third kappa shape index (κ3) is 2.95. The Labute approximate surface area is 113 Å². The Balaban J connectivity index is 1.99. The van der Waals surface area contributed by atoms with Crippen LogP contribution in [0.15, 0.2) is 35.1 Å². The van der Waals surface area contributed by atoms with Gasteiger partial charge in [0.1, 0.15) is 0 Å². The van der Waals surface area contributed by atoms with Crippen LogP contribution in [0.25, 0.3) is 0 Å². The highest BCUT2D eigenvalue weighted by atomic mass is 16.2. The lowest BCUT2D eigenvalue weighted by Gasteiger charge is -2.23. The average Bonchev–Trinajstić information content (AvgIpc) is 2.86. The van der Waals surface area contributed by atoms with Crippen LogP contribution in [-0.2, 0) is 11.3 Å². The van der Waals surface area contributed by atoms with E-state index in [1.54, 1.807) is 10.6 Å². The van der Waals surface area contributed by atoms with Crippen LogP contribution < -0.4 is 5.56 Å². The van der Waals surface area contributed by atoms with Gasteiger partial charge in [-0.25, -0.2) is 0 Å². The summed E-state index contributed by atoms with van der Waals surface area (Å²) in [4.78, 5) is 25.8. The topological polar surface area (TPSA) is 42.3 Å². The first-order valence-electron chi connectivity index (χ1n) is 6.76. The molecule has 1 aromatic rings. The van der Waals surface area contributed by atoms with Crippen molar-refractivity contribution in [1.29, 1.82) is 0 Å². The molecule has 0 aliphatic carbocycles. The third-order valence-electron chi connectivity index (χ3n) is 3.62. The summed E-state index contributed by atoms with van der Waals surface area (Å²) in [5, 5.41) is 0. The van der Waals surface area contributed by atoms with E-state index in [-0.39, 0.29) is 17.5 Å². The second kappa shape index (κ2) is 5.87. The first-order valence-corrected chi connectivity index (χ1v) is 6.76. The van der Waals surface area contributed by atoms with E-state index in [0.29, 0.717) is 19.5 Å². The summed E-state index contributed by atoms with van der Waals surface area (Å²) in [5.74, 6) is 0.118. The Morgan fingerprint density at radius 1 is 1.42 bits per heavy atom. The quantitative estimate of drug-likeness (QED) is 0.774. The smallest absolute Gasteiger partial charge is 0.250 e. The highest BCUT2D eigenvalue weighted by Gasteiger charge is 2.22. The number of nitrogens with zero attached hydrogens (tertiary/aromatic N) is 2. The van der Waals surface area contributed by atoms with Crippen molar-refractivity contribution in [3.63, 3.8) is 0 Å². The number of hydrogen-bond donors (Lipinski definition) is 0. The molecule has 0 spiro atoms. The molecule has 19 heavy (non-hydrogen) atoms. The molecule has 102 valence electrons. The Morgan fingerprint density at radius 3 is 2.89 bits per heavy atom. The van der Waals surface area contributed by atoms with Crippen LogP contribution in [0.2, 0.25) is 0 Å². The lowest BCUT2D eigenvalue weighted by atomic mass is 10.2. The van der Waals surface area contributed by atoms with Gasteiger partial charge in [0, 0.05) is 31.3 Å². The van der Waals surface area contributed by atoms with Crippen LogP contribution in [0.4, 0.5) is 0 Å². The number of pyridine rings is 1. The molecule has 1 aliphatic rings. The molecule has 1 amide bonds. The number of amides is 1. The highest BCUT2D eigenvalue weighted by molar-refractivity contribution is 5.77. The lowest BCUT2D eigenvalue weighted by Crippen LogP contribution is -2.36. The summed E-state index contributed by atoms with van der Waals surface area (Å²) in [7, 11) is 0. The monoisotopic (exact) mass is 260 g/mol. The molecule has 4 heteroatoms. The fourth-order valence-corrected chi connectivity index (χ4v) is 2.48. The predicted molar refractivity (Wildman–Crippen MR) is 75.0 cm³/mol. The average molecular weight is 260 g/mol. The van der Waals surface area contributed by atoms with Crippen molar-refractivity contribution in [1.82, 2.24) is 9.47 Å². The molecule has 2 heterocycles. The SMILES string of the molecule is CC[C@@H]1C=CCN1C(=O)CCn1c(C)cccc1=O. The van der Waals surface area contributed by atoms with Gasteiger partial charge in [0.25, 0.3) is 5.56 Å². The van der Waals surface area contributed by atoms with Gasteiger partial charge in [0.2, 0.25) is 5.91 Å². The maximum Gasteiger partial charge on any atom is 0.250 e. The number of rotatable bonds is 4. The zero-order valence-electron chi connectivity index (χ0n) is 11.5. The normalized spacial score (nSPS) is 18.0. The van der Waals surface area contributed by atoms with Gasteiger partial charge in [-0.3, -0.25) is 9.59 Å². The molecule has 0 radical (unpaired) electrons. The van der Waals surface area contributed by atoms with E-state index in [4.69, 9.17) is 0 Å². The maximum atomic E-state index is 12.2. The Morgan fingerprint density at radius 2 is 2.21 bits per heavy atom. The molecule has 0 fully saturated rings. The molecule has 4 nitrogen and oxygen atoms in total. The minimum absolute atomic E-state index is 0.0422. The molecule has 0 unspecified atom stereocenters. The summed E-state index contributed by atoms with van der Waals surface area (Å²) < 4.78 is 1.66. The summed E-state index contributed by atoms with van der Waals surface area (Å²) in [6, 6.07) is 5.39. The van der Waals surface area contributed by atoms with Gasteiger partial charge in [-0.05, 0) is 19.4 Å². The van der Waals surface area contributed by atoms with Crippen LogP contribution in [-0.4, -0.2) is 28.0 Å². The molecule has 1 atom stereocenters. The van der Waals surface area contributed by atoms with E-state index in [9.17, 15) is 9.59 Å². The summed E-state index contributed by atoms with van der Waals surface area (Å²) in [6.45, 7) is 5.11. The van der Waals surface area contributed by atoms with E-state index in [1.807, 2.05) is 24.0 Å². The maximum absolute atomic E-state index is 12.2. The van der Waals surface area contributed by atoms with Gasteiger partial charge in [0.05, 0.1) is 6.04 Å². The number of carbonyl (C=O) groups excluding carboxylic acids is 1. The molecule has 0 N–H and O–H groups in total. The Hall–Kier alpha value is -1.84. The highest BCUT2D eigenvalue weighted by Crippen LogP contribution is 2.14. The number of aryl methyl sites for hydroxylation is 1. The molecule has 1 aliphatic heterocycles. The first kappa shape index (κ1) is 13.6. The second-order valence-electron chi connectivity index (χ2n) is 4.86. The van der Waals surface area contributed by atoms with Crippen LogP contribution in [0.5, 0.6) is 0 Å². The van der Waals surface area contributed by atoms with E-state index >= 15 is 0 Å². The van der Waals surface area contributed by atoms with E-state index < -0.39 is 0 Å². The van der Waals surface area contributed by atoms with Gasteiger partial charge in [-0.1, -0.05) is 25.1 Å². The van der Waals surface area contributed by atoms with Gasteiger partial charge in [0.15, 0.2) is 0 Å². The molecule has 0 aromatic carbocycles. The van der Waals surface area contributed by atoms with Gasteiger partial charge < -0.3 is 9.47 Å². The molecular formula is C15H20N2O2. The summed E-state index contributed by atoms with van der Waals surface area (Å²) in [6.07, 6.45) is 5.43. The van der Waals surface area contributed by atoms with E-state index in [0.717, 1.165) is 12.1 Å². The third-order valence-corrected chi connectivity index (χ3v) is 3.62. The van der Waals surface area contributed by atoms with Crippen molar-refractivity contribution in [2.24, 2.45) is 0 Å². The minimum atomic E-state index is -0.0422. The number of carbonyl (C=O) groups is 1. The van der Waals surface area contributed by atoms with Crippen molar-refractivity contribution >= 4 is 5.91 Å². The summed E-state index contributed by atoms with van der Waals surface area (Å²) >= 11 is 0. The fourth-order valence-electron chi connectivity index (χ4n) is 2.48. The van der Waals surface area contributed by atoms with Crippen LogP contribution in [0.3, 0.4) is 0 Å². The Kier molecular flexibility index (Phi) is 4.20. The number of aromatic nitrogens is 1. The largest absolute Gasteiger partial charge is 0.332 e. The van der Waals surface area contributed by atoms with E-state index in [2.05, 4.69) is 13.0 Å². The van der Waals surface area contributed by atoms with Crippen molar-refractivity contribution in [3.05, 3.63) is 46.4 Å². The molecule has 0 saturated heterocycles. The van der Waals surface area contributed by atoms with Gasteiger partial charge >= 0.3 is 0 Å². The predicted octanol–water partition coefficient (Wildman–Crippen LogP) is 1.72. The van der Waals surface area contributed by atoms with E-state index in [1.165, 1.54) is 6.07 Å². The fraction of sp³-hybridized carbons (Fsp3) is 0.467. The second-order valence-corrected chi connectivity index (χ2v) is 4.86. The molecule has 2 rings (SSSR count). The van der Waals surface area contributed by atoms with Gasteiger partial charge in [-0.15, -0.1) is 0 Å². The Bertz CT molecular complexity index is 545.